The van der Waals surface area contributed by atoms with Crippen LogP contribution >= 0.6 is 22.7 Å². The number of rotatable bonds is 6. The van der Waals surface area contributed by atoms with Gasteiger partial charge in [-0.05, 0) is 54.7 Å². The summed E-state index contributed by atoms with van der Waals surface area (Å²) < 4.78 is 0.416. The van der Waals surface area contributed by atoms with Gasteiger partial charge in [0.05, 0.1) is 40.3 Å². The summed E-state index contributed by atoms with van der Waals surface area (Å²) in [5.41, 5.74) is -2.28. The molecule has 0 radical (unpaired) electrons. The second kappa shape index (κ2) is 26.3. The SMILES string of the molecule is C[O-].O=C(O)CCc1ccc2c(=O)c3sc4c(=O)c5ccccc5c(=O)c4c3c(=O)c2c1.O=C([O-])CCc1ccc2c(=O)c3sc4c(=O)c5ccccc5c(=O)c4c3c(=O)c2c1.S=S=S.S=S=S=S.[Na+].[Na+]. The quantitative estimate of drug-likeness (QED) is 0.164. The standard InChI is InChI=1S/2C23H12O6S.CH3O.2Na.S4.S3/c2*24-15(25)8-6-10-5-7-13-14(9-10)19(27)17-16-18(26)11-3-1-2-4-12(11)20(28)22(16)30-23(17)21(13)29;1-2;;;1-3-4-2;1-3-2/h2*1-5,7,9H,6,8H2,(H,24,25);1H3;;;;/q;;-1;2*+1;;/p-1. The number of benzene rings is 8. The fourth-order valence-electron chi connectivity index (χ4n) is 7.92. The predicted octanol–water partition coefficient (Wildman–Crippen LogP) is -2.98. The van der Waals surface area contributed by atoms with Crippen LogP contribution in [0, 0.1) is 0 Å². The summed E-state index contributed by atoms with van der Waals surface area (Å²) in [5, 5.41) is 29.4. The second-order valence-corrected chi connectivity index (χ2v) is 21.8. The number of carbonyl (C=O) groups excluding carboxylic acids is 1. The number of hydrogen-bond donors (Lipinski definition) is 1. The van der Waals surface area contributed by atoms with Crippen molar-refractivity contribution >= 4 is 189 Å². The van der Waals surface area contributed by atoms with E-state index in [4.69, 9.17) is 10.2 Å². The van der Waals surface area contributed by atoms with Crippen LogP contribution in [-0.4, -0.2) is 24.2 Å². The smallest absolute Gasteiger partial charge is 0.857 e. The number of carboxylic acids is 2. The third-order valence-electron chi connectivity index (χ3n) is 10.8. The Morgan fingerprint density at radius 3 is 1.01 bits per heavy atom. The number of thiophene rings is 2. The van der Waals surface area contributed by atoms with Crippen LogP contribution in [0.1, 0.15) is 24.0 Å². The van der Waals surface area contributed by atoms with Crippen molar-refractivity contribution < 1.29 is 84.0 Å². The van der Waals surface area contributed by atoms with Gasteiger partial charge in [0, 0.05) is 127 Å². The maximum absolute atomic E-state index is 13.3. The van der Waals surface area contributed by atoms with Crippen LogP contribution in [0.2, 0.25) is 0 Å². The Balaban J connectivity index is 0.000000259. The first-order valence-corrected chi connectivity index (χ1v) is 27.9. The van der Waals surface area contributed by atoms with E-state index in [0.29, 0.717) is 11.1 Å². The molecule has 0 aliphatic carbocycles. The number of aryl methyl sites for hydroxylation is 2. The van der Waals surface area contributed by atoms with Crippen molar-refractivity contribution in [2.45, 2.75) is 25.7 Å². The normalized spacial score (nSPS) is 10.5. The molecule has 0 amide bonds. The van der Waals surface area contributed by atoms with Crippen LogP contribution in [0.25, 0.3) is 83.4 Å². The number of hydrogen-bond acceptors (Lipinski definition) is 18. The minimum absolute atomic E-state index is 0. The molecule has 1 N–H and O–H groups in total. The molecular formula is C47H26Na2O13S9. The van der Waals surface area contributed by atoms with E-state index in [1.54, 1.807) is 48.5 Å². The van der Waals surface area contributed by atoms with Crippen molar-refractivity contribution in [2.75, 3.05) is 7.11 Å². The van der Waals surface area contributed by atoms with E-state index in [1.165, 1.54) is 54.2 Å². The Labute approximate surface area is 478 Å². The summed E-state index contributed by atoms with van der Waals surface area (Å²) in [6.07, 6.45) is 0.0353. The Kier molecular flexibility index (Phi) is 22.1. The van der Waals surface area contributed by atoms with Crippen LogP contribution in [0.5, 0.6) is 0 Å². The van der Waals surface area contributed by atoms with Gasteiger partial charge in [-0.2, -0.15) is 7.11 Å². The number of aliphatic carboxylic acids is 2. The molecule has 10 rings (SSSR count). The first-order chi connectivity index (χ1) is 33.1. The van der Waals surface area contributed by atoms with Gasteiger partial charge in [0.1, 0.15) is 0 Å². The largest absolute Gasteiger partial charge is 1.00 e. The third-order valence-corrected chi connectivity index (χ3v) is 15.4. The number of carboxylic acid groups (broad SMARTS) is 2. The molecule has 0 atom stereocenters. The van der Waals surface area contributed by atoms with Crippen molar-refractivity contribution in [3.05, 3.63) is 178 Å². The molecule has 348 valence electrons. The first-order valence-electron chi connectivity index (χ1n) is 19.6. The molecule has 0 fully saturated rings. The van der Waals surface area contributed by atoms with Gasteiger partial charge in [0.25, 0.3) is 0 Å². The minimum atomic E-state index is -1.22. The fraction of sp³-hybridized carbons (Fsp3) is 0.106. The van der Waals surface area contributed by atoms with Gasteiger partial charge in [0.2, 0.25) is 21.7 Å². The van der Waals surface area contributed by atoms with Crippen molar-refractivity contribution in [1.29, 1.82) is 0 Å². The molecule has 2 heterocycles. The van der Waals surface area contributed by atoms with Crippen molar-refractivity contribution in [3.8, 4) is 0 Å². The third kappa shape index (κ3) is 11.9. The number of fused-ring (bicyclic) bond motifs is 10. The average Bonchev–Trinajstić information content (AvgIpc) is 3.98. The molecule has 0 spiro atoms. The maximum atomic E-state index is 13.3. The van der Waals surface area contributed by atoms with Crippen LogP contribution in [-0.2, 0) is 93.8 Å². The summed E-state index contributed by atoms with van der Waals surface area (Å²) in [6, 6.07) is 22.0. The summed E-state index contributed by atoms with van der Waals surface area (Å²) in [6.45, 7) is 0. The van der Waals surface area contributed by atoms with Crippen LogP contribution in [0.3, 0.4) is 0 Å². The van der Waals surface area contributed by atoms with E-state index in [0.717, 1.165) is 38.7 Å². The molecule has 0 unspecified atom stereocenters. The molecule has 10 aromatic rings. The summed E-state index contributed by atoms with van der Waals surface area (Å²) >= 11 is 18.7. The monoisotopic (exact) mass is 1130 g/mol. The maximum Gasteiger partial charge on any atom is 1.00 e. The zero-order valence-electron chi connectivity index (χ0n) is 36.9. The molecule has 0 saturated heterocycles. The van der Waals surface area contributed by atoms with E-state index in [1.807, 2.05) is 0 Å². The van der Waals surface area contributed by atoms with E-state index < -0.39 is 44.5 Å². The van der Waals surface area contributed by atoms with Crippen LogP contribution in [0.4, 0.5) is 0 Å². The van der Waals surface area contributed by atoms with Gasteiger partial charge in [-0.15, -0.1) is 22.7 Å². The van der Waals surface area contributed by atoms with Gasteiger partial charge < -0.3 is 20.1 Å². The molecule has 13 nitrogen and oxygen atoms in total. The molecule has 0 bridgehead atoms. The summed E-state index contributed by atoms with van der Waals surface area (Å²) in [5.74, 6) is -2.18. The second-order valence-electron chi connectivity index (χ2n) is 14.5. The molecule has 0 aliphatic heterocycles. The van der Waals surface area contributed by atoms with Gasteiger partial charge in [-0.3, -0.25) is 43.2 Å². The molecule has 8 aromatic carbocycles. The minimum Gasteiger partial charge on any atom is -0.857 e. The Bertz CT molecular complexity index is 4100. The van der Waals surface area contributed by atoms with Crippen molar-refractivity contribution in [2.24, 2.45) is 0 Å². The number of carbonyl (C=O) groups is 2. The van der Waals surface area contributed by atoms with Gasteiger partial charge >= 0.3 is 65.1 Å². The van der Waals surface area contributed by atoms with Gasteiger partial charge in [-0.25, -0.2) is 0 Å². The molecule has 2 aromatic heterocycles. The van der Waals surface area contributed by atoms with Crippen molar-refractivity contribution in [1.82, 2.24) is 0 Å². The van der Waals surface area contributed by atoms with Crippen molar-refractivity contribution in [3.63, 3.8) is 0 Å². The zero-order chi connectivity index (χ0) is 50.4. The summed E-state index contributed by atoms with van der Waals surface area (Å²) in [4.78, 5) is 126. The van der Waals surface area contributed by atoms with Gasteiger partial charge in [-0.1, -0.05) is 60.7 Å². The molecule has 0 saturated carbocycles. The van der Waals surface area contributed by atoms with E-state index in [9.17, 15) is 53.1 Å². The topological polar surface area (TPSA) is 237 Å². The Hall–Kier alpha value is -3.92. The van der Waals surface area contributed by atoms with Gasteiger partial charge in [0.15, 0.2) is 21.7 Å². The molecule has 71 heavy (non-hydrogen) atoms. The molecule has 24 heteroatoms. The fourth-order valence-corrected chi connectivity index (χ4v) is 10.3. The Morgan fingerprint density at radius 2 is 0.732 bits per heavy atom. The first kappa shape index (κ1) is 59.6. The molecule has 0 aliphatic rings. The van der Waals surface area contributed by atoms with E-state index in [-0.39, 0.29) is 179 Å². The predicted molar refractivity (Wildman–Crippen MR) is 290 cm³/mol. The van der Waals surface area contributed by atoms with Crippen LogP contribution < -0.4 is 113 Å². The molecular weight excluding hydrogens is 1110 g/mol. The average molecular weight is 1130 g/mol. The zero-order valence-corrected chi connectivity index (χ0v) is 48.3. The Morgan fingerprint density at radius 1 is 0.465 bits per heavy atom. The summed E-state index contributed by atoms with van der Waals surface area (Å²) in [7, 11) is 4.01. The van der Waals surface area contributed by atoms with E-state index in [2.05, 4.69) is 44.8 Å². The van der Waals surface area contributed by atoms with Crippen LogP contribution in [0.15, 0.2) is 123 Å². The van der Waals surface area contributed by atoms with E-state index >= 15 is 0 Å².